The van der Waals surface area contributed by atoms with Crippen molar-refractivity contribution < 1.29 is 14.3 Å². The van der Waals surface area contributed by atoms with Crippen LogP contribution in [0, 0.1) is 0 Å². The van der Waals surface area contributed by atoms with Crippen molar-refractivity contribution >= 4 is 15.9 Å². The molecule has 0 radical (unpaired) electrons. The fourth-order valence-corrected chi connectivity index (χ4v) is 1.65. The number of hydrogen-bond donors (Lipinski definition) is 1. The summed E-state index contributed by atoms with van der Waals surface area (Å²) in [6.45, 7) is 0.564. The van der Waals surface area contributed by atoms with Crippen LogP contribution in [0.3, 0.4) is 0 Å². The van der Waals surface area contributed by atoms with E-state index in [1.807, 2.05) is 12.1 Å². The molecular formula is C8H8BrNO3. The molecule has 0 fully saturated rings. The molecule has 0 saturated carbocycles. The van der Waals surface area contributed by atoms with Crippen LogP contribution in [0.1, 0.15) is 5.56 Å². The molecule has 0 aromatic heterocycles. The van der Waals surface area contributed by atoms with Crippen LogP contribution < -0.4 is 15.4 Å². The van der Waals surface area contributed by atoms with Crippen molar-refractivity contribution in [3.8, 4) is 11.5 Å². The van der Waals surface area contributed by atoms with Crippen molar-refractivity contribution in [2.45, 2.75) is 6.61 Å². The Morgan fingerprint density at radius 2 is 2.15 bits per heavy atom. The second-order valence-corrected chi connectivity index (χ2v) is 3.44. The predicted molar refractivity (Wildman–Crippen MR) is 49.2 cm³/mol. The van der Waals surface area contributed by atoms with Crippen molar-refractivity contribution in [1.29, 1.82) is 0 Å². The van der Waals surface area contributed by atoms with E-state index in [1.165, 1.54) is 0 Å². The zero-order chi connectivity index (χ0) is 9.26. The van der Waals surface area contributed by atoms with Gasteiger partial charge in [-0.2, -0.15) is 0 Å². The van der Waals surface area contributed by atoms with Crippen molar-refractivity contribution in [3.05, 3.63) is 22.2 Å². The van der Waals surface area contributed by atoms with Gasteiger partial charge in [0.25, 0.3) is 0 Å². The maximum absolute atomic E-state index is 5.28. The molecule has 2 N–H and O–H groups in total. The van der Waals surface area contributed by atoms with E-state index >= 15 is 0 Å². The van der Waals surface area contributed by atoms with Gasteiger partial charge in [0.15, 0.2) is 11.5 Å². The highest BCUT2D eigenvalue weighted by molar-refractivity contribution is 9.10. The third kappa shape index (κ3) is 1.50. The first-order valence-electron chi connectivity index (χ1n) is 3.71. The van der Waals surface area contributed by atoms with E-state index in [2.05, 4.69) is 20.8 Å². The molecule has 0 unspecified atom stereocenters. The summed E-state index contributed by atoms with van der Waals surface area (Å²) in [5.41, 5.74) is 0.887. The van der Waals surface area contributed by atoms with Gasteiger partial charge in [-0.25, -0.2) is 5.90 Å². The lowest BCUT2D eigenvalue weighted by Gasteiger charge is -2.04. The lowest BCUT2D eigenvalue weighted by molar-refractivity contribution is 0.120. The van der Waals surface area contributed by atoms with Gasteiger partial charge in [-0.1, -0.05) is 6.07 Å². The molecule has 0 saturated heterocycles. The Kier molecular flexibility index (Phi) is 2.39. The van der Waals surface area contributed by atoms with Gasteiger partial charge in [0.05, 0.1) is 11.1 Å². The molecule has 70 valence electrons. The second kappa shape index (κ2) is 3.53. The standard InChI is InChI=1S/C8H8BrNO3/c9-6-2-1-5(3-13-10)7-8(6)12-4-11-7/h1-2H,3-4,10H2. The van der Waals surface area contributed by atoms with Gasteiger partial charge in [-0.15, -0.1) is 0 Å². The van der Waals surface area contributed by atoms with Crippen LogP contribution >= 0.6 is 15.9 Å². The van der Waals surface area contributed by atoms with Gasteiger partial charge in [0.1, 0.15) is 0 Å². The van der Waals surface area contributed by atoms with Crippen LogP contribution in [0.5, 0.6) is 11.5 Å². The summed E-state index contributed by atoms with van der Waals surface area (Å²) >= 11 is 3.36. The number of halogens is 1. The zero-order valence-corrected chi connectivity index (χ0v) is 8.33. The molecule has 0 aliphatic carbocycles. The van der Waals surface area contributed by atoms with E-state index in [-0.39, 0.29) is 6.79 Å². The van der Waals surface area contributed by atoms with E-state index in [0.29, 0.717) is 12.4 Å². The number of nitrogens with two attached hydrogens (primary N) is 1. The van der Waals surface area contributed by atoms with Crippen molar-refractivity contribution in [2.75, 3.05) is 6.79 Å². The molecular weight excluding hydrogens is 238 g/mol. The molecule has 1 aromatic carbocycles. The minimum Gasteiger partial charge on any atom is -0.453 e. The third-order valence-corrected chi connectivity index (χ3v) is 2.42. The van der Waals surface area contributed by atoms with Crippen molar-refractivity contribution in [2.24, 2.45) is 5.90 Å². The summed E-state index contributed by atoms with van der Waals surface area (Å²) in [4.78, 5) is 4.54. The van der Waals surface area contributed by atoms with Gasteiger partial charge in [0, 0.05) is 5.56 Å². The smallest absolute Gasteiger partial charge is 0.231 e. The Bertz CT molecular complexity index is 329. The minimum atomic E-state index is 0.246. The Balaban J connectivity index is 2.43. The lowest BCUT2D eigenvalue weighted by atomic mass is 10.2. The molecule has 1 aliphatic heterocycles. The normalized spacial score (nSPS) is 13.4. The average Bonchev–Trinajstić information content (AvgIpc) is 2.59. The van der Waals surface area contributed by atoms with E-state index in [0.717, 1.165) is 15.8 Å². The van der Waals surface area contributed by atoms with Gasteiger partial charge < -0.3 is 9.47 Å². The summed E-state index contributed by atoms with van der Waals surface area (Å²) < 4.78 is 11.4. The Labute approximate surface area is 83.7 Å². The SMILES string of the molecule is NOCc1ccc(Br)c2c1OCO2. The predicted octanol–water partition coefficient (Wildman–Crippen LogP) is 1.57. The Morgan fingerprint density at radius 1 is 1.38 bits per heavy atom. The molecule has 0 amide bonds. The molecule has 1 aliphatic rings. The lowest BCUT2D eigenvalue weighted by Crippen LogP contribution is -2.00. The van der Waals surface area contributed by atoms with Crippen LogP contribution in [0.2, 0.25) is 0 Å². The largest absolute Gasteiger partial charge is 0.453 e. The summed E-state index contributed by atoms with van der Waals surface area (Å²) in [6.07, 6.45) is 0. The molecule has 1 aromatic rings. The van der Waals surface area contributed by atoms with Crippen LogP contribution in [-0.2, 0) is 11.4 Å². The first kappa shape index (κ1) is 8.80. The zero-order valence-electron chi connectivity index (χ0n) is 6.75. The van der Waals surface area contributed by atoms with E-state index in [9.17, 15) is 0 Å². The topological polar surface area (TPSA) is 53.7 Å². The minimum absolute atomic E-state index is 0.246. The maximum Gasteiger partial charge on any atom is 0.231 e. The average molecular weight is 246 g/mol. The number of fused-ring (bicyclic) bond motifs is 1. The molecule has 2 rings (SSSR count). The highest BCUT2D eigenvalue weighted by Crippen LogP contribution is 2.41. The van der Waals surface area contributed by atoms with Gasteiger partial charge in [0.2, 0.25) is 6.79 Å². The van der Waals surface area contributed by atoms with Gasteiger partial charge in [-0.05, 0) is 22.0 Å². The van der Waals surface area contributed by atoms with Crippen LogP contribution in [0.25, 0.3) is 0 Å². The third-order valence-electron chi connectivity index (χ3n) is 1.79. The number of rotatable bonds is 2. The highest BCUT2D eigenvalue weighted by Gasteiger charge is 2.20. The number of benzene rings is 1. The number of ether oxygens (including phenoxy) is 2. The molecule has 13 heavy (non-hydrogen) atoms. The second-order valence-electron chi connectivity index (χ2n) is 2.58. The fourth-order valence-electron chi connectivity index (χ4n) is 1.22. The Morgan fingerprint density at radius 3 is 2.92 bits per heavy atom. The summed E-state index contributed by atoms with van der Waals surface area (Å²) in [6, 6.07) is 3.76. The van der Waals surface area contributed by atoms with Crippen molar-refractivity contribution in [3.63, 3.8) is 0 Å². The van der Waals surface area contributed by atoms with Crippen LogP contribution in [-0.4, -0.2) is 6.79 Å². The quantitative estimate of drug-likeness (QED) is 0.804. The van der Waals surface area contributed by atoms with E-state index in [1.54, 1.807) is 0 Å². The molecule has 0 spiro atoms. The van der Waals surface area contributed by atoms with Gasteiger partial charge in [-0.3, -0.25) is 4.84 Å². The maximum atomic E-state index is 5.28. The molecule has 0 bridgehead atoms. The van der Waals surface area contributed by atoms with E-state index in [4.69, 9.17) is 15.4 Å². The molecule has 1 heterocycles. The molecule has 0 atom stereocenters. The van der Waals surface area contributed by atoms with E-state index < -0.39 is 0 Å². The van der Waals surface area contributed by atoms with Crippen LogP contribution in [0.15, 0.2) is 16.6 Å². The first-order chi connectivity index (χ1) is 6.33. The summed E-state index contributed by atoms with van der Waals surface area (Å²) in [7, 11) is 0. The molecule has 4 nitrogen and oxygen atoms in total. The number of hydrogen-bond acceptors (Lipinski definition) is 4. The first-order valence-corrected chi connectivity index (χ1v) is 4.51. The summed E-state index contributed by atoms with van der Waals surface area (Å²) in [5, 5.41) is 0. The van der Waals surface area contributed by atoms with Crippen LogP contribution in [0.4, 0.5) is 0 Å². The summed E-state index contributed by atoms with van der Waals surface area (Å²) in [5.74, 6) is 6.41. The monoisotopic (exact) mass is 245 g/mol. The Hall–Kier alpha value is -0.780. The van der Waals surface area contributed by atoms with Gasteiger partial charge >= 0.3 is 0 Å². The van der Waals surface area contributed by atoms with Crippen molar-refractivity contribution in [1.82, 2.24) is 0 Å². The molecule has 5 heteroatoms. The fraction of sp³-hybridized carbons (Fsp3) is 0.250. The highest BCUT2D eigenvalue weighted by atomic mass is 79.9.